The summed E-state index contributed by atoms with van der Waals surface area (Å²) in [6, 6.07) is 3.83. The molecule has 0 radical (unpaired) electrons. The van der Waals surface area contributed by atoms with Crippen LogP contribution in [0.25, 0.3) is 0 Å². The van der Waals surface area contributed by atoms with E-state index in [1.807, 2.05) is 0 Å². The van der Waals surface area contributed by atoms with E-state index >= 15 is 0 Å². The van der Waals surface area contributed by atoms with Crippen LogP contribution in [-0.2, 0) is 10.0 Å². The molecule has 1 aromatic rings. The number of sulfonamides is 1. The van der Waals surface area contributed by atoms with E-state index in [9.17, 15) is 12.8 Å². The van der Waals surface area contributed by atoms with Crippen LogP contribution in [0.5, 0.6) is 0 Å². The summed E-state index contributed by atoms with van der Waals surface area (Å²) in [6.45, 7) is 0. The lowest BCUT2D eigenvalue weighted by Crippen LogP contribution is -2.31. The van der Waals surface area contributed by atoms with Gasteiger partial charge in [-0.05, 0) is 28.1 Å². The van der Waals surface area contributed by atoms with Gasteiger partial charge in [-0.3, -0.25) is 5.84 Å². The zero-order chi connectivity index (χ0) is 10.1. The molecule has 0 aliphatic carbocycles. The number of hydrogen-bond acceptors (Lipinski definition) is 3. The highest BCUT2D eigenvalue weighted by atomic mass is 79.9. The van der Waals surface area contributed by atoms with Gasteiger partial charge in [0.25, 0.3) is 10.0 Å². The highest BCUT2D eigenvalue weighted by Crippen LogP contribution is 2.23. The molecule has 7 heteroatoms. The quantitative estimate of drug-likeness (QED) is 0.614. The molecule has 0 saturated heterocycles. The molecule has 3 N–H and O–H groups in total. The molecule has 0 amide bonds. The fraction of sp³-hybridized carbons (Fsp3) is 0. The maximum Gasteiger partial charge on any atom is 0.257 e. The third-order valence-electron chi connectivity index (χ3n) is 1.34. The molecule has 0 fully saturated rings. The molecular weight excluding hydrogens is 263 g/mol. The number of rotatable bonds is 2. The van der Waals surface area contributed by atoms with Gasteiger partial charge in [0.1, 0.15) is 10.7 Å². The van der Waals surface area contributed by atoms with Crippen molar-refractivity contribution in [1.29, 1.82) is 0 Å². The lowest BCUT2D eigenvalue weighted by atomic mass is 10.3. The third-order valence-corrected chi connectivity index (χ3v) is 3.53. The number of nitrogens with one attached hydrogen (secondary N) is 1. The van der Waals surface area contributed by atoms with Crippen molar-refractivity contribution in [3.8, 4) is 0 Å². The van der Waals surface area contributed by atoms with Gasteiger partial charge >= 0.3 is 0 Å². The Morgan fingerprint density at radius 2 is 2.08 bits per heavy atom. The summed E-state index contributed by atoms with van der Waals surface area (Å²) in [6.07, 6.45) is 0. The highest BCUT2D eigenvalue weighted by Gasteiger charge is 2.20. The van der Waals surface area contributed by atoms with Gasteiger partial charge in [-0.1, -0.05) is 6.07 Å². The van der Waals surface area contributed by atoms with Crippen LogP contribution >= 0.6 is 15.9 Å². The van der Waals surface area contributed by atoms with Gasteiger partial charge in [0, 0.05) is 4.47 Å². The second kappa shape index (κ2) is 3.70. The largest absolute Gasteiger partial charge is 0.257 e. The second-order valence-corrected chi connectivity index (χ2v) is 4.68. The normalized spacial score (nSPS) is 11.6. The lowest BCUT2D eigenvalue weighted by molar-refractivity contribution is 0.557. The molecule has 4 nitrogen and oxygen atoms in total. The summed E-state index contributed by atoms with van der Waals surface area (Å²) in [5, 5.41) is 0. The molecule has 0 aliphatic heterocycles. The first kappa shape index (κ1) is 10.6. The van der Waals surface area contributed by atoms with Crippen molar-refractivity contribution in [1.82, 2.24) is 4.83 Å². The van der Waals surface area contributed by atoms with Crippen LogP contribution in [0, 0.1) is 5.82 Å². The van der Waals surface area contributed by atoms with Crippen molar-refractivity contribution in [2.75, 3.05) is 0 Å². The van der Waals surface area contributed by atoms with E-state index in [2.05, 4.69) is 15.9 Å². The molecule has 72 valence electrons. The maximum atomic E-state index is 13.0. The molecule has 1 aromatic carbocycles. The van der Waals surface area contributed by atoms with Crippen LogP contribution in [-0.4, -0.2) is 8.42 Å². The molecule has 0 saturated carbocycles. The SMILES string of the molecule is NNS(=O)(=O)c1c(F)cccc1Br. The smallest absolute Gasteiger partial charge is 0.257 e. The standard InChI is InChI=1S/C6H6BrFN2O2S/c7-4-2-1-3-5(8)6(4)13(11,12)10-9/h1-3,10H,9H2. The molecule has 0 aromatic heterocycles. The van der Waals surface area contributed by atoms with Gasteiger partial charge in [-0.15, -0.1) is 4.83 Å². The molecular formula is C6H6BrFN2O2S. The van der Waals surface area contributed by atoms with Crippen molar-refractivity contribution >= 4 is 26.0 Å². The van der Waals surface area contributed by atoms with Crippen molar-refractivity contribution < 1.29 is 12.8 Å². The molecule has 0 spiro atoms. The molecule has 0 heterocycles. The average Bonchev–Trinajstić information content (AvgIpc) is 2.03. The Hall–Kier alpha value is -0.500. The summed E-state index contributed by atoms with van der Waals surface area (Å²) in [5.41, 5.74) is 0. The first-order valence-corrected chi connectivity index (χ1v) is 5.43. The maximum absolute atomic E-state index is 13.0. The van der Waals surface area contributed by atoms with E-state index in [1.165, 1.54) is 12.1 Å². The first-order valence-electron chi connectivity index (χ1n) is 3.15. The minimum absolute atomic E-state index is 0.130. The molecule has 1 rings (SSSR count). The van der Waals surface area contributed by atoms with Gasteiger partial charge in [-0.25, -0.2) is 12.8 Å². The topological polar surface area (TPSA) is 72.2 Å². The molecule has 13 heavy (non-hydrogen) atoms. The minimum atomic E-state index is -3.95. The fourth-order valence-corrected chi connectivity index (χ4v) is 2.55. The molecule has 0 bridgehead atoms. The van der Waals surface area contributed by atoms with Crippen LogP contribution in [0.4, 0.5) is 4.39 Å². The van der Waals surface area contributed by atoms with Crippen molar-refractivity contribution in [3.63, 3.8) is 0 Å². The van der Waals surface area contributed by atoms with Gasteiger partial charge in [-0.2, -0.15) is 0 Å². The van der Waals surface area contributed by atoms with Crippen LogP contribution in [0.1, 0.15) is 0 Å². The predicted octanol–water partition coefficient (Wildman–Crippen LogP) is 0.740. The van der Waals surface area contributed by atoms with Crippen molar-refractivity contribution in [2.45, 2.75) is 4.90 Å². The predicted molar refractivity (Wildman–Crippen MR) is 48.6 cm³/mol. The summed E-state index contributed by atoms with van der Waals surface area (Å²) < 4.78 is 35.4. The second-order valence-electron chi connectivity index (χ2n) is 2.17. The van der Waals surface area contributed by atoms with Gasteiger partial charge in [0.2, 0.25) is 0 Å². The molecule has 0 aliphatic rings. The zero-order valence-corrected chi connectivity index (χ0v) is 8.69. The van der Waals surface area contributed by atoms with Crippen LogP contribution in [0.15, 0.2) is 27.6 Å². The Morgan fingerprint density at radius 3 is 2.54 bits per heavy atom. The van der Waals surface area contributed by atoms with Crippen LogP contribution in [0.3, 0.4) is 0 Å². The number of halogens is 2. The Balaban J connectivity index is 3.46. The third kappa shape index (κ3) is 2.05. The van der Waals surface area contributed by atoms with Crippen molar-refractivity contribution in [2.24, 2.45) is 5.84 Å². The Labute approximate surface area is 83.1 Å². The fourth-order valence-electron chi connectivity index (χ4n) is 0.798. The van der Waals surface area contributed by atoms with Gasteiger partial charge < -0.3 is 0 Å². The average molecular weight is 269 g/mol. The van der Waals surface area contributed by atoms with E-state index in [0.717, 1.165) is 6.07 Å². The summed E-state index contributed by atoms with van der Waals surface area (Å²) in [5.74, 6) is 3.90. The van der Waals surface area contributed by atoms with Gasteiger partial charge in [0.15, 0.2) is 0 Å². The number of nitrogens with two attached hydrogens (primary N) is 1. The number of benzene rings is 1. The Bertz CT molecular complexity index is 400. The summed E-state index contributed by atoms with van der Waals surface area (Å²) >= 11 is 2.91. The van der Waals surface area contributed by atoms with Crippen LogP contribution < -0.4 is 10.7 Å². The Kier molecular flexibility index (Phi) is 3.01. The Morgan fingerprint density at radius 1 is 1.46 bits per heavy atom. The summed E-state index contributed by atoms with van der Waals surface area (Å²) in [4.78, 5) is 1.05. The lowest BCUT2D eigenvalue weighted by Gasteiger charge is -2.05. The number of hydrazine groups is 1. The first-order chi connectivity index (χ1) is 5.99. The molecule has 0 unspecified atom stereocenters. The summed E-state index contributed by atoms with van der Waals surface area (Å²) in [7, 11) is -3.95. The van der Waals surface area contributed by atoms with Crippen molar-refractivity contribution in [3.05, 3.63) is 28.5 Å². The highest BCUT2D eigenvalue weighted by molar-refractivity contribution is 9.10. The van der Waals surface area contributed by atoms with E-state index in [1.54, 1.807) is 4.83 Å². The van der Waals surface area contributed by atoms with E-state index < -0.39 is 20.7 Å². The van der Waals surface area contributed by atoms with E-state index in [4.69, 9.17) is 5.84 Å². The van der Waals surface area contributed by atoms with E-state index in [-0.39, 0.29) is 4.47 Å². The monoisotopic (exact) mass is 268 g/mol. The van der Waals surface area contributed by atoms with Gasteiger partial charge in [0.05, 0.1) is 0 Å². The minimum Gasteiger partial charge on any atom is -0.257 e. The molecule has 0 atom stereocenters. The zero-order valence-electron chi connectivity index (χ0n) is 6.29. The van der Waals surface area contributed by atoms with Crippen LogP contribution in [0.2, 0.25) is 0 Å². The number of hydrogen-bond donors (Lipinski definition) is 2. The van der Waals surface area contributed by atoms with E-state index in [0.29, 0.717) is 0 Å².